The molecule has 2 unspecified atom stereocenters. The second-order valence-electron chi connectivity index (χ2n) is 6.20. The highest BCUT2D eigenvalue weighted by Gasteiger charge is 2.07. The summed E-state index contributed by atoms with van der Waals surface area (Å²) in [4.78, 5) is 0. The van der Waals surface area contributed by atoms with Crippen molar-refractivity contribution in [2.45, 2.75) is 77.8 Å². The van der Waals surface area contributed by atoms with E-state index in [9.17, 15) is 0 Å². The Bertz CT molecular complexity index is 360. The first-order valence-corrected chi connectivity index (χ1v) is 8.54. The third-order valence-electron chi connectivity index (χ3n) is 4.08. The molecule has 1 rings (SSSR count). The molecule has 2 atom stereocenters. The summed E-state index contributed by atoms with van der Waals surface area (Å²) in [5.41, 5.74) is 1.39. The molecular weight excluding hydrogens is 258 g/mol. The van der Waals surface area contributed by atoms with Crippen molar-refractivity contribution in [1.29, 1.82) is 0 Å². The predicted molar refractivity (Wildman–Crippen MR) is 92.1 cm³/mol. The van der Waals surface area contributed by atoms with E-state index in [1.54, 1.807) is 7.11 Å². The number of hydrogen-bond acceptors (Lipinski definition) is 2. The normalized spacial score (nSPS) is 13.9. The highest BCUT2D eigenvalue weighted by molar-refractivity contribution is 5.27. The van der Waals surface area contributed by atoms with Gasteiger partial charge in [0.05, 0.1) is 7.11 Å². The van der Waals surface area contributed by atoms with Crippen LogP contribution < -0.4 is 10.1 Å². The number of aryl methyl sites for hydroxylation is 1. The first-order chi connectivity index (χ1) is 10.2. The van der Waals surface area contributed by atoms with Crippen molar-refractivity contribution < 1.29 is 4.74 Å². The van der Waals surface area contributed by atoms with Gasteiger partial charge in [-0.15, -0.1) is 0 Å². The molecule has 0 bridgehead atoms. The number of rotatable bonds is 11. The van der Waals surface area contributed by atoms with Gasteiger partial charge < -0.3 is 10.1 Å². The van der Waals surface area contributed by atoms with E-state index in [0.717, 1.165) is 12.2 Å². The fourth-order valence-electron chi connectivity index (χ4n) is 2.71. The maximum absolute atomic E-state index is 5.19. The number of nitrogens with one attached hydrogen (secondary N) is 1. The Balaban J connectivity index is 2.18. The van der Waals surface area contributed by atoms with Crippen LogP contribution in [0.25, 0.3) is 0 Å². The number of unbranched alkanes of at least 4 members (excludes halogenated alkanes) is 3. The summed E-state index contributed by atoms with van der Waals surface area (Å²) in [6.45, 7) is 6.88. The van der Waals surface area contributed by atoms with E-state index in [0.29, 0.717) is 12.1 Å². The second kappa shape index (κ2) is 10.7. The van der Waals surface area contributed by atoms with Gasteiger partial charge in [-0.25, -0.2) is 0 Å². The van der Waals surface area contributed by atoms with Gasteiger partial charge in [-0.05, 0) is 50.8 Å². The minimum atomic E-state index is 0.577. The molecule has 2 heteroatoms. The van der Waals surface area contributed by atoms with E-state index < -0.39 is 0 Å². The van der Waals surface area contributed by atoms with E-state index in [1.807, 2.05) is 12.1 Å². The summed E-state index contributed by atoms with van der Waals surface area (Å²) in [6.07, 6.45) is 9.04. The Hall–Kier alpha value is -1.02. The Labute approximate surface area is 131 Å². The van der Waals surface area contributed by atoms with Crippen molar-refractivity contribution in [3.05, 3.63) is 29.8 Å². The van der Waals surface area contributed by atoms with Crippen molar-refractivity contribution in [1.82, 2.24) is 5.32 Å². The molecule has 0 aromatic heterocycles. The van der Waals surface area contributed by atoms with Gasteiger partial charge in [0.25, 0.3) is 0 Å². The highest BCUT2D eigenvalue weighted by atomic mass is 16.5. The van der Waals surface area contributed by atoms with Crippen LogP contribution in [-0.2, 0) is 6.42 Å². The zero-order valence-corrected chi connectivity index (χ0v) is 14.3. The highest BCUT2D eigenvalue weighted by Crippen LogP contribution is 2.13. The fourth-order valence-corrected chi connectivity index (χ4v) is 2.71. The zero-order valence-electron chi connectivity index (χ0n) is 14.3. The topological polar surface area (TPSA) is 21.3 Å². The molecule has 0 saturated carbocycles. The van der Waals surface area contributed by atoms with Gasteiger partial charge >= 0.3 is 0 Å². The Kier molecular flexibility index (Phi) is 9.16. The van der Waals surface area contributed by atoms with Crippen molar-refractivity contribution >= 4 is 0 Å². The molecule has 0 amide bonds. The fraction of sp³-hybridized carbons (Fsp3) is 0.684. The number of hydrogen-bond donors (Lipinski definition) is 1. The first-order valence-electron chi connectivity index (χ1n) is 8.54. The molecule has 0 aliphatic carbocycles. The standard InChI is InChI=1S/C19H33NO/c1-5-6-7-8-9-16(2)20-17(3)10-11-18-12-14-19(21-4)15-13-18/h12-17,20H,5-11H2,1-4H3. The van der Waals surface area contributed by atoms with Crippen LogP contribution in [-0.4, -0.2) is 19.2 Å². The van der Waals surface area contributed by atoms with Gasteiger partial charge in [0.15, 0.2) is 0 Å². The van der Waals surface area contributed by atoms with Crippen molar-refractivity contribution in [2.75, 3.05) is 7.11 Å². The molecule has 0 aliphatic heterocycles. The van der Waals surface area contributed by atoms with Gasteiger partial charge in [-0.2, -0.15) is 0 Å². The largest absolute Gasteiger partial charge is 0.497 e. The maximum atomic E-state index is 5.19. The van der Waals surface area contributed by atoms with Crippen molar-refractivity contribution in [3.63, 3.8) is 0 Å². The molecule has 0 saturated heterocycles. The van der Waals surface area contributed by atoms with Crippen LogP contribution in [0.4, 0.5) is 0 Å². The van der Waals surface area contributed by atoms with Crippen LogP contribution >= 0.6 is 0 Å². The number of methoxy groups -OCH3 is 1. The lowest BCUT2D eigenvalue weighted by Gasteiger charge is -2.20. The van der Waals surface area contributed by atoms with Crippen molar-refractivity contribution in [2.24, 2.45) is 0 Å². The molecule has 1 aromatic carbocycles. The van der Waals surface area contributed by atoms with Crippen LogP contribution in [0.2, 0.25) is 0 Å². The Morgan fingerprint density at radius 1 is 0.952 bits per heavy atom. The van der Waals surface area contributed by atoms with E-state index >= 15 is 0 Å². The average molecular weight is 291 g/mol. The number of ether oxygens (including phenoxy) is 1. The Morgan fingerprint density at radius 3 is 2.24 bits per heavy atom. The first kappa shape index (κ1) is 18.0. The minimum Gasteiger partial charge on any atom is -0.497 e. The van der Waals surface area contributed by atoms with E-state index in [-0.39, 0.29) is 0 Å². The van der Waals surface area contributed by atoms with Crippen LogP contribution in [0.1, 0.15) is 64.9 Å². The van der Waals surface area contributed by atoms with Gasteiger partial charge in [-0.1, -0.05) is 44.7 Å². The summed E-state index contributed by atoms with van der Waals surface area (Å²) in [7, 11) is 1.71. The molecule has 0 spiro atoms. The van der Waals surface area contributed by atoms with Crippen LogP contribution in [0.3, 0.4) is 0 Å². The summed E-state index contributed by atoms with van der Waals surface area (Å²) in [6, 6.07) is 9.63. The Morgan fingerprint density at radius 2 is 1.62 bits per heavy atom. The van der Waals surface area contributed by atoms with Gasteiger partial charge in [0.2, 0.25) is 0 Å². The zero-order chi connectivity index (χ0) is 15.5. The smallest absolute Gasteiger partial charge is 0.118 e. The maximum Gasteiger partial charge on any atom is 0.118 e. The molecule has 0 radical (unpaired) electrons. The molecule has 0 fully saturated rings. The molecule has 0 aliphatic rings. The quantitative estimate of drug-likeness (QED) is 0.581. The minimum absolute atomic E-state index is 0.577. The predicted octanol–water partition coefficient (Wildman–Crippen LogP) is 4.96. The monoisotopic (exact) mass is 291 g/mol. The number of benzene rings is 1. The SMILES string of the molecule is CCCCCCC(C)NC(C)CCc1ccc(OC)cc1. The second-order valence-corrected chi connectivity index (χ2v) is 6.20. The molecule has 21 heavy (non-hydrogen) atoms. The summed E-state index contributed by atoms with van der Waals surface area (Å²) in [5.74, 6) is 0.936. The lowest BCUT2D eigenvalue weighted by molar-refractivity contribution is 0.412. The van der Waals surface area contributed by atoms with Crippen molar-refractivity contribution in [3.8, 4) is 5.75 Å². The van der Waals surface area contributed by atoms with Gasteiger partial charge in [-0.3, -0.25) is 0 Å². The van der Waals surface area contributed by atoms with E-state index in [2.05, 4.69) is 38.2 Å². The van der Waals surface area contributed by atoms with Gasteiger partial charge in [0.1, 0.15) is 5.75 Å². The summed E-state index contributed by atoms with van der Waals surface area (Å²) < 4.78 is 5.19. The third-order valence-corrected chi connectivity index (χ3v) is 4.08. The van der Waals surface area contributed by atoms with Gasteiger partial charge in [0, 0.05) is 12.1 Å². The molecule has 1 N–H and O–H groups in total. The summed E-state index contributed by atoms with van der Waals surface area (Å²) in [5, 5.41) is 3.72. The third kappa shape index (κ3) is 8.11. The van der Waals surface area contributed by atoms with E-state index in [1.165, 1.54) is 44.1 Å². The molecular formula is C19H33NO. The molecule has 1 aromatic rings. The van der Waals surface area contributed by atoms with Crippen LogP contribution in [0, 0.1) is 0 Å². The van der Waals surface area contributed by atoms with Crippen LogP contribution in [0.15, 0.2) is 24.3 Å². The van der Waals surface area contributed by atoms with Crippen LogP contribution in [0.5, 0.6) is 5.75 Å². The lowest BCUT2D eigenvalue weighted by atomic mass is 10.0. The lowest BCUT2D eigenvalue weighted by Crippen LogP contribution is -2.34. The summed E-state index contributed by atoms with van der Waals surface area (Å²) >= 11 is 0. The molecule has 2 nitrogen and oxygen atoms in total. The molecule has 120 valence electrons. The molecule has 0 heterocycles. The van der Waals surface area contributed by atoms with E-state index in [4.69, 9.17) is 4.74 Å². The average Bonchev–Trinajstić information content (AvgIpc) is 2.50.